The standard InChI is InChI=1S/C9H11NO.H2/c1-2-7-4-3-5-8(6-7)9(10)11;/h3-6H,2H2,1H3,(H2,10,11);1H. The summed E-state index contributed by atoms with van der Waals surface area (Å²) in [5.41, 5.74) is 6.83. The average molecular weight is 151 g/mol. The smallest absolute Gasteiger partial charge is 0.248 e. The number of primary amides is 1. The fourth-order valence-electron chi connectivity index (χ4n) is 0.945. The predicted molar refractivity (Wildman–Crippen MR) is 46.5 cm³/mol. The van der Waals surface area contributed by atoms with E-state index in [4.69, 9.17) is 5.73 Å². The summed E-state index contributed by atoms with van der Waals surface area (Å²) in [4.78, 5) is 10.7. The minimum Gasteiger partial charge on any atom is -0.366 e. The highest BCUT2D eigenvalue weighted by molar-refractivity contribution is 5.92. The molecule has 0 saturated heterocycles. The zero-order valence-electron chi connectivity index (χ0n) is 6.50. The SMILES string of the molecule is CCc1cccc(C(N)=O)c1.[HH]. The van der Waals surface area contributed by atoms with Crippen molar-refractivity contribution in [3.05, 3.63) is 35.4 Å². The quantitative estimate of drug-likeness (QED) is 0.685. The fraction of sp³-hybridized carbons (Fsp3) is 0.222. The van der Waals surface area contributed by atoms with Gasteiger partial charge in [-0.25, -0.2) is 0 Å². The van der Waals surface area contributed by atoms with Gasteiger partial charge in [0.05, 0.1) is 0 Å². The van der Waals surface area contributed by atoms with Crippen LogP contribution in [0.3, 0.4) is 0 Å². The second-order valence-corrected chi connectivity index (χ2v) is 2.42. The van der Waals surface area contributed by atoms with Crippen molar-refractivity contribution >= 4 is 5.91 Å². The molecule has 0 aliphatic carbocycles. The lowest BCUT2D eigenvalue weighted by molar-refractivity contribution is 0.1000. The Kier molecular flexibility index (Phi) is 2.26. The Morgan fingerprint density at radius 2 is 2.36 bits per heavy atom. The summed E-state index contributed by atoms with van der Waals surface area (Å²) in [5.74, 6) is -0.361. The third kappa shape index (κ3) is 1.80. The van der Waals surface area contributed by atoms with Crippen molar-refractivity contribution in [2.24, 2.45) is 5.73 Å². The first-order chi connectivity index (χ1) is 5.24. The number of carbonyl (C=O) groups is 1. The van der Waals surface area contributed by atoms with Crippen LogP contribution in [0.25, 0.3) is 0 Å². The fourth-order valence-corrected chi connectivity index (χ4v) is 0.945. The van der Waals surface area contributed by atoms with Crippen LogP contribution >= 0.6 is 0 Å². The number of hydrogen-bond acceptors (Lipinski definition) is 1. The van der Waals surface area contributed by atoms with E-state index < -0.39 is 0 Å². The van der Waals surface area contributed by atoms with Crippen LogP contribution in [0.5, 0.6) is 0 Å². The van der Waals surface area contributed by atoms with Gasteiger partial charge in [-0.15, -0.1) is 0 Å². The number of amides is 1. The van der Waals surface area contributed by atoms with Gasteiger partial charge in [0.2, 0.25) is 5.91 Å². The Hall–Kier alpha value is -1.31. The summed E-state index contributed by atoms with van der Waals surface area (Å²) in [7, 11) is 0. The lowest BCUT2D eigenvalue weighted by Gasteiger charge is -1.97. The average Bonchev–Trinajstić information content (AvgIpc) is 2.05. The molecule has 0 spiro atoms. The maximum atomic E-state index is 10.7. The molecule has 2 nitrogen and oxygen atoms in total. The molecule has 0 saturated carbocycles. The molecule has 0 aliphatic heterocycles. The number of nitrogens with two attached hydrogens (primary N) is 1. The molecule has 0 fully saturated rings. The molecule has 1 aromatic carbocycles. The van der Waals surface area contributed by atoms with E-state index in [-0.39, 0.29) is 7.33 Å². The molecular weight excluding hydrogens is 138 g/mol. The van der Waals surface area contributed by atoms with E-state index in [2.05, 4.69) is 0 Å². The van der Waals surface area contributed by atoms with Gasteiger partial charge in [0, 0.05) is 6.99 Å². The van der Waals surface area contributed by atoms with E-state index in [0.29, 0.717) is 5.56 Å². The number of aryl methyl sites for hydroxylation is 1. The van der Waals surface area contributed by atoms with Gasteiger partial charge in [-0.2, -0.15) is 0 Å². The Bertz CT molecular complexity index is 273. The van der Waals surface area contributed by atoms with Crippen molar-refractivity contribution in [3.63, 3.8) is 0 Å². The van der Waals surface area contributed by atoms with Crippen LogP contribution in [-0.2, 0) is 6.42 Å². The maximum Gasteiger partial charge on any atom is 0.248 e. The van der Waals surface area contributed by atoms with Crippen LogP contribution < -0.4 is 5.73 Å². The maximum absolute atomic E-state index is 10.7. The van der Waals surface area contributed by atoms with Crippen LogP contribution in [0.15, 0.2) is 24.3 Å². The molecule has 0 aromatic heterocycles. The lowest BCUT2D eigenvalue weighted by Crippen LogP contribution is -2.10. The molecule has 1 rings (SSSR count). The summed E-state index contributed by atoms with van der Waals surface area (Å²) >= 11 is 0. The molecule has 2 heteroatoms. The number of hydrogen-bond donors (Lipinski definition) is 1. The van der Waals surface area contributed by atoms with Gasteiger partial charge >= 0.3 is 0 Å². The number of rotatable bonds is 2. The van der Waals surface area contributed by atoms with Gasteiger partial charge in [0.15, 0.2) is 0 Å². The molecule has 0 heterocycles. The van der Waals surface area contributed by atoms with E-state index in [9.17, 15) is 4.79 Å². The zero-order valence-corrected chi connectivity index (χ0v) is 6.50. The van der Waals surface area contributed by atoms with Crippen LogP contribution in [0, 0.1) is 0 Å². The van der Waals surface area contributed by atoms with Gasteiger partial charge in [-0.3, -0.25) is 4.79 Å². The molecule has 0 radical (unpaired) electrons. The third-order valence-electron chi connectivity index (χ3n) is 1.62. The summed E-state index contributed by atoms with van der Waals surface area (Å²) in [6.07, 6.45) is 0.932. The van der Waals surface area contributed by atoms with Crippen LogP contribution in [-0.4, -0.2) is 5.91 Å². The summed E-state index contributed by atoms with van der Waals surface area (Å²) in [5, 5.41) is 0. The van der Waals surface area contributed by atoms with E-state index in [0.717, 1.165) is 12.0 Å². The monoisotopic (exact) mass is 151 g/mol. The highest BCUT2D eigenvalue weighted by Gasteiger charge is 1.98. The van der Waals surface area contributed by atoms with Crippen molar-refractivity contribution < 1.29 is 6.22 Å². The van der Waals surface area contributed by atoms with Gasteiger partial charge in [0.1, 0.15) is 0 Å². The molecule has 0 unspecified atom stereocenters. The summed E-state index contributed by atoms with van der Waals surface area (Å²) in [6.45, 7) is 2.04. The van der Waals surface area contributed by atoms with Crippen LogP contribution in [0.4, 0.5) is 0 Å². The molecule has 0 atom stereocenters. The van der Waals surface area contributed by atoms with Gasteiger partial charge in [-0.1, -0.05) is 19.1 Å². The molecule has 1 amide bonds. The second-order valence-electron chi connectivity index (χ2n) is 2.42. The summed E-state index contributed by atoms with van der Waals surface area (Å²) in [6, 6.07) is 7.37. The Morgan fingerprint density at radius 3 is 2.91 bits per heavy atom. The van der Waals surface area contributed by atoms with Crippen molar-refractivity contribution in [1.29, 1.82) is 0 Å². The normalized spacial score (nSPS) is 9.55. The molecule has 1 aromatic rings. The van der Waals surface area contributed by atoms with Gasteiger partial charge in [0.25, 0.3) is 0 Å². The minimum atomic E-state index is -0.361. The highest BCUT2D eigenvalue weighted by Crippen LogP contribution is 2.04. The first kappa shape index (κ1) is 7.79. The molecule has 0 bridgehead atoms. The molecule has 60 valence electrons. The molecule has 11 heavy (non-hydrogen) atoms. The minimum absolute atomic E-state index is 0. The van der Waals surface area contributed by atoms with Crippen molar-refractivity contribution in [1.82, 2.24) is 0 Å². The second kappa shape index (κ2) is 3.19. The molecule has 0 aliphatic rings. The molecular formula is C9H13NO. The first-order valence-electron chi connectivity index (χ1n) is 3.62. The van der Waals surface area contributed by atoms with Gasteiger partial charge in [-0.05, 0) is 24.1 Å². The highest BCUT2D eigenvalue weighted by atomic mass is 16.1. The first-order valence-corrected chi connectivity index (χ1v) is 3.62. The summed E-state index contributed by atoms with van der Waals surface area (Å²) < 4.78 is 0. The Labute approximate surface area is 67.5 Å². The topological polar surface area (TPSA) is 43.1 Å². The van der Waals surface area contributed by atoms with Crippen molar-refractivity contribution in [3.8, 4) is 0 Å². The van der Waals surface area contributed by atoms with Gasteiger partial charge < -0.3 is 5.73 Å². The Balaban J connectivity index is 0.00000121. The van der Waals surface area contributed by atoms with E-state index in [1.165, 1.54) is 0 Å². The third-order valence-corrected chi connectivity index (χ3v) is 1.62. The van der Waals surface area contributed by atoms with Crippen molar-refractivity contribution in [2.75, 3.05) is 0 Å². The Morgan fingerprint density at radius 1 is 1.64 bits per heavy atom. The zero-order chi connectivity index (χ0) is 8.27. The molecule has 2 N–H and O–H groups in total. The predicted octanol–water partition coefficient (Wildman–Crippen LogP) is 1.59. The van der Waals surface area contributed by atoms with Crippen LogP contribution in [0.2, 0.25) is 0 Å². The van der Waals surface area contributed by atoms with E-state index >= 15 is 0 Å². The van der Waals surface area contributed by atoms with E-state index in [1.807, 2.05) is 25.1 Å². The van der Waals surface area contributed by atoms with E-state index in [1.54, 1.807) is 6.07 Å². The largest absolute Gasteiger partial charge is 0.366 e. The van der Waals surface area contributed by atoms with Crippen molar-refractivity contribution in [2.45, 2.75) is 13.3 Å². The lowest BCUT2D eigenvalue weighted by atomic mass is 10.1. The van der Waals surface area contributed by atoms with Crippen LogP contribution in [0.1, 0.15) is 24.3 Å². The number of carbonyl (C=O) groups excluding carboxylic acids is 1. The number of benzene rings is 1.